The molecule has 0 spiro atoms. The number of carboxylic acid groups (broad SMARTS) is 1. The molecule has 25 heavy (non-hydrogen) atoms. The molecule has 0 aromatic carbocycles. The Morgan fingerprint density at radius 3 is 2.36 bits per heavy atom. The lowest BCUT2D eigenvalue weighted by molar-refractivity contribution is -0.146. The first kappa shape index (κ1) is 18.6. The summed E-state index contributed by atoms with van der Waals surface area (Å²) in [4.78, 5) is 25.7. The lowest BCUT2D eigenvalue weighted by atomic mass is 9.90. The van der Waals surface area contributed by atoms with Crippen molar-refractivity contribution in [1.82, 2.24) is 9.21 Å². The average molecular weight is 372 g/mol. The first-order valence-electron chi connectivity index (χ1n) is 9.25. The van der Waals surface area contributed by atoms with Crippen molar-refractivity contribution in [1.29, 1.82) is 0 Å². The van der Waals surface area contributed by atoms with Gasteiger partial charge in [-0.05, 0) is 39.0 Å². The summed E-state index contributed by atoms with van der Waals surface area (Å²) in [5, 5.41) is 8.72. The lowest BCUT2D eigenvalue weighted by Gasteiger charge is -2.35. The topological polar surface area (TPSA) is 95.0 Å². The number of rotatable bonds is 4. The van der Waals surface area contributed by atoms with Crippen molar-refractivity contribution in [2.75, 3.05) is 26.2 Å². The van der Waals surface area contributed by atoms with Crippen LogP contribution in [0.5, 0.6) is 0 Å². The fourth-order valence-corrected chi connectivity index (χ4v) is 6.40. The molecule has 2 aliphatic heterocycles. The SMILES string of the molecule is CC1(C(=O)O)CCN(S(=O)(=O)C2CCCN(C(=O)C3CCCC3)C2)C1. The van der Waals surface area contributed by atoms with Crippen LogP contribution in [0.15, 0.2) is 0 Å². The molecule has 1 aliphatic carbocycles. The smallest absolute Gasteiger partial charge is 0.310 e. The predicted octanol–water partition coefficient (Wildman–Crippen LogP) is 1.29. The van der Waals surface area contributed by atoms with E-state index in [-0.39, 0.29) is 31.5 Å². The molecule has 2 unspecified atom stereocenters. The molecule has 3 aliphatic rings. The minimum atomic E-state index is -3.58. The van der Waals surface area contributed by atoms with Crippen LogP contribution in [0.2, 0.25) is 0 Å². The number of carbonyl (C=O) groups excluding carboxylic acids is 1. The van der Waals surface area contributed by atoms with Crippen LogP contribution in [-0.2, 0) is 19.6 Å². The normalized spacial score (nSPS) is 32.2. The van der Waals surface area contributed by atoms with E-state index < -0.39 is 26.7 Å². The van der Waals surface area contributed by atoms with Gasteiger partial charge in [-0.1, -0.05) is 12.8 Å². The van der Waals surface area contributed by atoms with E-state index in [0.29, 0.717) is 25.8 Å². The van der Waals surface area contributed by atoms with Crippen molar-refractivity contribution in [3.8, 4) is 0 Å². The molecule has 7 nitrogen and oxygen atoms in total. The summed E-state index contributed by atoms with van der Waals surface area (Å²) in [7, 11) is -3.58. The van der Waals surface area contributed by atoms with Crippen molar-refractivity contribution in [2.24, 2.45) is 11.3 Å². The van der Waals surface area contributed by atoms with Gasteiger partial charge in [-0.25, -0.2) is 12.7 Å². The number of likely N-dealkylation sites (tertiary alicyclic amines) is 1. The Morgan fingerprint density at radius 2 is 1.76 bits per heavy atom. The Balaban J connectivity index is 1.68. The summed E-state index contributed by atoms with van der Waals surface area (Å²) in [6, 6.07) is 0. The third-order valence-corrected chi connectivity index (χ3v) is 8.39. The van der Waals surface area contributed by atoms with E-state index in [4.69, 9.17) is 0 Å². The first-order chi connectivity index (χ1) is 11.7. The van der Waals surface area contributed by atoms with Crippen LogP contribution in [0.1, 0.15) is 51.9 Å². The van der Waals surface area contributed by atoms with Crippen molar-refractivity contribution < 1.29 is 23.1 Å². The number of carboxylic acids is 1. The fourth-order valence-electron chi connectivity index (χ4n) is 4.33. The van der Waals surface area contributed by atoms with Crippen molar-refractivity contribution in [3.05, 3.63) is 0 Å². The lowest BCUT2D eigenvalue weighted by Crippen LogP contribution is -2.50. The third-order valence-electron chi connectivity index (χ3n) is 6.13. The van der Waals surface area contributed by atoms with Gasteiger partial charge in [0.05, 0.1) is 10.7 Å². The van der Waals surface area contributed by atoms with Crippen LogP contribution < -0.4 is 0 Å². The monoisotopic (exact) mass is 372 g/mol. The summed E-state index contributed by atoms with van der Waals surface area (Å²) in [5.41, 5.74) is -1.01. The number of amides is 1. The van der Waals surface area contributed by atoms with Crippen LogP contribution in [0, 0.1) is 11.3 Å². The molecule has 0 bridgehead atoms. The molecule has 0 aromatic rings. The van der Waals surface area contributed by atoms with Gasteiger partial charge >= 0.3 is 5.97 Å². The molecule has 0 aromatic heterocycles. The molecule has 3 fully saturated rings. The Morgan fingerprint density at radius 1 is 1.08 bits per heavy atom. The van der Waals surface area contributed by atoms with Gasteiger partial charge in [-0.15, -0.1) is 0 Å². The van der Waals surface area contributed by atoms with Gasteiger partial charge in [0.2, 0.25) is 15.9 Å². The summed E-state index contributed by atoms with van der Waals surface area (Å²) >= 11 is 0. The molecule has 8 heteroatoms. The van der Waals surface area contributed by atoms with Crippen LogP contribution in [0.3, 0.4) is 0 Å². The predicted molar refractivity (Wildman–Crippen MR) is 92.4 cm³/mol. The van der Waals surface area contributed by atoms with E-state index in [2.05, 4.69) is 0 Å². The summed E-state index contributed by atoms with van der Waals surface area (Å²) in [6.07, 6.45) is 5.54. The van der Waals surface area contributed by atoms with E-state index in [1.54, 1.807) is 11.8 Å². The second-order valence-electron chi connectivity index (χ2n) is 8.02. The standard InChI is InChI=1S/C17H28N2O5S/c1-17(16(21)22)8-10-19(12-17)25(23,24)14-7-4-9-18(11-14)15(20)13-5-2-3-6-13/h13-14H,2-12H2,1H3,(H,21,22). The molecule has 1 saturated carbocycles. The minimum absolute atomic E-state index is 0.0255. The molecule has 142 valence electrons. The van der Waals surface area contributed by atoms with Crippen molar-refractivity contribution in [2.45, 2.75) is 57.1 Å². The molecular formula is C17H28N2O5S. The third kappa shape index (κ3) is 3.56. The van der Waals surface area contributed by atoms with Crippen LogP contribution in [0.4, 0.5) is 0 Å². The zero-order valence-corrected chi connectivity index (χ0v) is 15.6. The van der Waals surface area contributed by atoms with Crippen molar-refractivity contribution in [3.63, 3.8) is 0 Å². The number of sulfonamides is 1. The van der Waals surface area contributed by atoms with Gasteiger partial charge in [-0.3, -0.25) is 9.59 Å². The van der Waals surface area contributed by atoms with Crippen LogP contribution >= 0.6 is 0 Å². The van der Waals surface area contributed by atoms with Crippen LogP contribution in [0.25, 0.3) is 0 Å². The van der Waals surface area contributed by atoms with Crippen molar-refractivity contribution >= 4 is 21.9 Å². The molecule has 1 amide bonds. The quantitative estimate of drug-likeness (QED) is 0.802. The minimum Gasteiger partial charge on any atom is -0.481 e. The van der Waals surface area contributed by atoms with Gasteiger partial charge < -0.3 is 10.0 Å². The Labute approximate surface area is 149 Å². The average Bonchev–Trinajstić information content (AvgIpc) is 3.25. The van der Waals surface area contributed by atoms with E-state index in [1.807, 2.05) is 0 Å². The molecular weight excluding hydrogens is 344 g/mol. The van der Waals surface area contributed by atoms with Crippen LogP contribution in [-0.4, -0.2) is 66.0 Å². The highest BCUT2D eigenvalue weighted by atomic mass is 32.2. The van der Waals surface area contributed by atoms with E-state index in [9.17, 15) is 23.1 Å². The number of nitrogens with zero attached hydrogens (tertiary/aromatic N) is 2. The maximum atomic E-state index is 13.0. The number of hydrogen-bond acceptors (Lipinski definition) is 4. The highest BCUT2D eigenvalue weighted by molar-refractivity contribution is 7.89. The number of aliphatic carboxylic acids is 1. The summed E-state index contributed by atoms with van der Waals surface area (Å²) < 4.78 is 27.3. The number of carbonyl (C=O) groups is 2. The zero-order chi connectivity index (χ0) is 18.2. The van der Waals surface area contributed by atoms with Gasteiger partial charge in [0.25, 0.3) is 0 Å². The molecule has 3 rings (SSSR count). The maximum absolute atomic E-state index is 13.0. The molecule has 2 atom stereocenters. The van der Waals surface area contributed by atoms with E-state index in [1.165, 1.54) is 4.31 Å². The van der Waals surface area contributed by atoms with E-state index in [0.717, 1.165) is 25.7 Å². The van der Waals surface area contributed by atoms with Gasteiger partial charge in [-0.2, -0.15) is 0 Å². The Kier molecular flexibility index (Phi) is 5.12. The van der Waals surface area contributed by atoms with Gasteiger partial charge in [0.1, 0.15) is 0 Å². The number of hydrogen-bond donors (Lipinski definition) is 1. The first-order valence-corrected chi connectivity index (χ1v) is 10.8. The largest absolute Gasteiger partial charge is 0.481 e. The summed E-state index contributed by atoms with van der Waals surface area (Å²) in [6.45, 7) is 2.75. The van der Waals surface area contributed by atoms with Gasteiger partial charge in [0, 0.05) is 32.1 Å². The molecule has 2 heterocycles. The van der Waals surface area contributed by atoms with E-state index >= 15 is 0 Å². The highest BCUT2D eigenvalue weighted by Crippen LogP contribution is 2.34. The second kappa shape index (κ2) is 6.87. The molecule has 2 saturated heterocycles. The van der Waals surface area contributed by atoms with Gasteiger partial charge in [0.15, 0.2) is 0 Å². The number of piperidine rings is 1. The zero-order valence-electron chi connectivity index (χ0n) is 14.8. The molecule has 1 N–H and O–H groups in total. The second-order valence-corrected chi connectivity index (χ2v) is 10.2. The highest BCUT2D eigenvalue weighted by Gasteiger charge is 2.47. The summed E-state index contributed by atoms with van der Waals surface area (Å²) in [5.74, 6) is -0.787. The molecule has 0 radical (unpaired) electrons. The Bertz CT molecular complexity index is 643. The fraction of sp³-hybridized carbons (Fsp3) is 0.882. The maximum Gasteiger partial charge on any atom is 0.310 e. The Hall–Kier alpha value is -1.15.